The van der Waals surface area contributed by atoms with Crippen LogP contribution in [0.25, 0.3) is 0 Å². The van der Waals surface area contributed by atoms with Gasteiger partial charge in [0.2, 0.25) is 5.91 Å². The maximum atomic E-state index is 11.7. The van der Waals surface area contributed by atoms with Gasteiger partial charge in [0.15, 0.2) is 0 Å². The van der Waals surface area contributed by atoms with Gasteiger partial charge in [-0.3, -0.25) is 4.79 Å². The van der Waals surface area contributed by atoms with Crippen LogP contribution in [0.3, 0.4) is 0 Å². The topological polar surface area (TPSA) is 70.2 Å². The first-order chi connectivity index (χ1) is 8.76. The molecule has 0 heterocycles. The molecular formula is C14H21N3O2. The van der Waals surface area contributed by atoms with Crippen LogP contribution in [-0.4, -0.2) is 18.5 Å². The molecule has 1 aromatic carbocycles. The van der Waals surface area contributed by atoms with E-state index in [0.717, 1.165) is 0 Å². The number of carbonyl (C=O) groups excluding carboxylic acids is 2. The Hall–Kier alpha value is -2.04. The van der Waals surface area contributed by atoms with Gasteiger partial charge in [0, 0.05) is 24.8 Å². The number of rotatable bonds is 3. The Morgan fingerprint density at radius 1 is 1.11 bits per heavy atom. The molecule has 5 nitrogen and oxygen atoms in total. The molecule has 0 radical (unpaired) electrons. The maximum Gasteiger partial charge on any atom is 0.319 e. The molecule has 0 aliphatic rings. The second kappa shape index (κ2) is 6.22. The zero-order chi connectivity index (χ0) is 14.5. The molecule has 0 saturated carbocycles. The second-order valence-electron chi connectivity index (χ2n) is 5.63. The van der Waals surface area contributed by atoms with Crippen LogP contribution in [0.15, 0.2) is 24.3 Å². The maximum absolute atomic E-state index is 11.7. The fourth-order valence-corrected chi connectivity index (χ4v) is 1.40. The van der Waals surface area contributed by atoms with Gasteiger partial charge in [-0.2, -0.15) is 0 Å². The summed E-state index contributed by atoms with van der Waals surface area (Å²) in [5, 5.41) is 8.18. The molecular weight excluding hydrogens is 242 g/mol. The molecule has 3 amide bonds. The highest BCUT2D eigenvalue weighted by atomic mass is 16.2. The number of nitrogens with one attached hydrogen (secondary N) is 3. The molecule has 104 valence electrons. The lowest BCUT2D eigenvalue weighted by atomic mass is 9.97. The van der Waals surface area contributed by atoms with E-state index in [9.17, 15) is 9.59 Å². The number of benzene rings is 1. The predicted octanol–water partition coefficient (Wildman–Crippen LogP) is 2.81. The zero-order valence-corrected chi connectivity index (χ0v) is 11.8. The van der Waals surface area contributed by atoms with Crippen molar-refractivity contribution < 1.29 is 9.59 Å². The van der Waals surface area contributed by atoms with E-state index >= 15 is 0 Å². The first kappa shape index (κ1) is 15.0. The summed E-state index contributed by atoms with van der Waals surface area (Å²) in [5.41, 5.74) is 1.33. The van der Waals surface area contributed by atoms with E-state index in [-0.39, 0.29) is 17.4 Å². The van der Waals surface area contributed by atoms with E-state index < -0.39 is 0 Å². The highest BCUT2D eigenvalue weighted by Crippen LogP contribution is 2.15. The van der Waals surface area contributed by atoms with E-state index in [2.05, 4.69) is 16.0 Å². The van der Waals surface area contributed by atoms with Crippen molar-refractivity contribution in [2.45, 2.75) is 27.7 Å². The lowest BCUT2D eigenvalue weighted by molar-refractivity contribution is -0.114. The predicted molar refractivity (Wildman–Crippen MR) is 77.2 cm³/mol. The van der Waals surface area contributed by atoms with Gasteiger partial charge in [-0.15, -0.1) is 0 Å². The first-order valence-corrected chi connectivity index (χ1v) is 6.19. The molecule has 0 bridgehead atoms. The summed E-state index contributed by atoms with van der Waals surface area (Å²) in [6.45, 7) is 8.17. The van der Waals surface area contributed by atoms with E-state index in [1.165, 1.54) is 6.92 Å². The van der Waals surface area contributed by atoms with Gasteiger partial charge in [-0.25, -0.2) is 4.79 Å². The van der Waals surface area contributed by atoms with Gasteiger partial charge in [-0.1, -0.05) is 26.8 Å². The summed E-state index contributed by atoms with van der Waals surface area (Å²) in [6.07, 6.45) is 0. The molecule has 1 rings (SSSR count). The summed E-state index contributed by atoms with van der Waals surface area (Å²) in [7, 11) is 0. The van der Waals surface area contributed by atoms with Gasteiger partial charge in [-0.05, 0) is 23.6 Å². The Morgan fingerprint density at radius 3 is 2.21 bits per heavy atom. The highest BCUT2D eigenvalue weighted by molar-refractivity contribution is 5.92. The molecule has 0 unspecified atom stereocenters. The monoisotopic (exact) mass is 263 g/mol. The van der Waals surface area contributed by atoms with Crippen LogP contribution >= 0.6 is 0 Å². The van der Waals surface area contributed by atoms with Crippen LogP contribution in [0.1, 0.15) is 27.7 Å². The quantitative estimate of drug-likeness (QED) is 0.784. The SMILES string of the molecule is CC(=O)Nc1cccc(NC(=O)NCC(C)(C)C)c1. The fraction of sp³-hybridized carbons (Fsp3) is 0.429. The van der Waals surface area contributed by atoms with Crippen LogP contribution in [-0.2, 0) is 4.79 Å². The van der Waals surface area contributed by atoms with E-state index in [1.54, 1.807) is 24.3 Å². The van der Waals surface area contributed by atoms with Crippen LogP contribution in [0.4, 0.5) is 16.2 Å². The minimum Gasteiger partial charge on any atom is -0.337 e. The van der Waals surface area contributed by atoms with Crippen LogP contribution in [0.2, 0.25) is 0 Å². The lowest BCUT2D eigenvalue weighted by Gasteiger charge is -2.19. The number of anilines is 2. The molecule has 5 heteroatoms. The first-order valence-electron chi connectivity index (χ1n) is 6.19. The summed E-state index contributed by atoms with van der Waals surface area (Å²) < 4.78 is 0. The van der Waals surface area contributed by atoms with Gasteiger partial charge in [0.05, 0.1) is 0 Å². The Kier molecular flexibility index (Phi) is 4.92. The third-order valence-corrected chi connectivity index (χ3v) is 2.22. The molecule has 19 heavy (non-hydrogen) atoms. The number of hydrogen-bond donors (Lipinski definition) is 3. The lowest BCUT2D eigenvalue weighted by Crippen LogP contribution is -2.35. The number of amides is 3. The Bertz CT molecular complexity index is 464. The molecule has 0 atom stereocenters. The molecule has 3 N–H and O–H groups in total. The molecule has 0 spiro atoms. The normalized spacial score (nSPS) is 10.7. The summed E-state index contributed by atoms with van der Waals surface area (Å²) in [6, 6.07) is 6.75. The van der Waals surface area contributed by atoms with E-state index in [0.29, 0.717) is 17.9 Å². The van der Waals surface area contributed by atoms with Gasteiger partial charge in [0.25, 0.3) is 0 Å². The average Bonchev–Trinajstić information content (AvgIpc) is 2.25. The second-order valence-corrected chi connectivity index (χ2v) is 5.63. The molecule has 0 saturated heterocycles. The van der Waals surface area contributed by atoms with Crippen molar-refractivity contribution in [3.8, 4) is 0 Å². The molecule has 0 aliphatic carbocycles. The number of carbonyl (C=O) groups is 2. The number of hydrogen-bond acceptors (Lipinski definition) is 2. The third-order valence-electron chi connectivity index (χ3n) is 2.22. The smallest absolute Gasteiger partial charge is 0.319 e. The Balaban J connectivity index is 2.57. The molecule has 1 aromatic rings. The van der Waals surface area contributed by atoms with Gasteiger partial charge in [0.1, 0.15) is 0 Å². The van der Waals surface area contributed by atoms with E-state index in [4.69, 9.17) is 0 Å². The molecule has 0 aromatic heterocycles. The number of urea groups is 1. The van der Waals surface area contributed by atoms with Crippen molar-refractivity contribution in [3.05, 3.63) is 24.3 Å². The zero-order valence-electron chi connectivity index (χ0n) is 11.8. The van der Waals surface area contributed by atoms with Crippen molar-refractivity contribution in [1.29, 1.82) is 0 Å². The standard InChI is InChI=1S/C14H21N3O2/c1-10(18)16-11-6-5-7-12(8-11)17-13(19)15-9-14(2,3)4/h5-8H,9H2,1-4H3,(H,16,18)(H2,15,17,19). The van der Waals surface area contributed by atoms with Crippen molar-refractivity contribution in [2.24, 2.45) is 5.41 Å². The van der Waals surface area contributed by atoms with Crippen LogP contribution in [0, 0.1) is 5.41 Å². The Labute approximate surface area is 113 Å². The van der Waals surface area contributed by atoms with Crippen molar-refractivity contribution >= 4 is 23.3 Å². The minimum absolute atomic E-state index is 0.0371. The van der Waals surface area contributed by atoms with E-state index in [1.807, 2.05) is 20.8 Å². The largest absolute Gasteiger partial charge is 0.337 e. The summed E-state index contributed by atoms with van der Waals surface area (Å²) in [5.74, 6) is -0.144. The summed E-state index contributed by atoms with van der Waals surface area (Å²) in [4.78, 5) is 22.6. The van der Waals surface area contributed by atoms with Gasteiger partial charge >= 0.3 is 6.03 Å². The Morgan fingerprint density at radius 2 is 1.68 bits per heavy atom. The van der Waals surface area contributed by atoms with Crippen molar-refractivity contribution in [3.63, 3.8) is 0 Å². The average molecular weight is 263 g/mol. The molecule has 0 aliphatic heterocycles. The third kappa shape index (κ3) is 6.45. The highest BCUT2D eigenvalue weighted by Gasteiger charge is 2.11. The molecule has 0 fully saturated rings. The fourth-order valence-electron chi connectivity index (χ4n) is 1.40. The van der Waals surface area contributed by atoms with Crippen molar-refractivity contribution in [1.82, 2.24) is 5.32 Å². The van der Waals surface area contributed by atoms with Crippen molar-refractivity contribution in [2.75, 3.05) is 17.2 Å². The van der Waals surface area contributed by atoms with Gasteiger partial charge < -0.3 is 16.0 Å². The minimum atomic E-state index is -0.255. The summed E-state index contributed by atoms with van der Waals surface area (Å²) >= 11 is 0. The van der Waals surface area contributed by atoms with Crippen LogP contribution in [0.5, 0.6) is 0 Å². The van der Waals surface area contributed by atoms with Crippen LogP contribution < -0.4 is 16.0 Å².